The third kappa shape index (κ3) is 3.47. The Bertz CT molecular complexity index is 806. The maximum atomic E-state index is 13.0. The van der Waals surface area contributed by atoms with Crippen LogP contribution in [0.2, 0.25) is 0 Å². The van der Waals surface area contributed by atoms with Crippen LogP contribution < -0.4 is 0 Å². The Morgan fingerprint density at radius 2 is 1.93 bits per heavy atom. The summed E-state index contributed by atoms with van der Waals surface area (Å²) in [7, 11) is 2.09. The highest BCUT2D eigenvalue weighted by Crippen LogP contribution is 2.31. The molecule has 1 unspecified atom stereocenters. The third-order valence-corrected chi connectivity index (χ3v) is 6.19. The average molecular weight is 370 g/mol. The number of hydrogen-bond acceptors (Lipinski definition) is 4. The van der Waals surface area contributed by atoms with Crippen LogP contribution in [0.1, 0.15) is 63.7 Å². The molecule has 146 valence electrons. The van der Waals surface area contributed by atoms with Crippen molar-refractivity contribution in [1.29, 1.82) is 0 Å². The van der Waals surface area contributed by atoms with Gasteiger partial charge in [0.1, 0.15) is 11.3 Å². The number of aromatic nitrogens is 3. The van der Waals surface area contributed by atoms with Crippen LogP contribution in [0, 0.1) is 0 Å². The molecule has 6 nitrogen and oxygen atoms in total. The predicted octanol–water partition coefficient (Wildman–Crippen LogP) is 3.20. The van der Waals surface area contributed by atoms with E-state index in [0.717, 1.165) is 55.9 Å². The molecule has 0 aromatic carbocycles. The van der Waals surface area contributed by atoms with Crippen molar-refractivity contribution in [3.63, 3.8) is 0 Å². The summed E-state index contributed by atoms with van der Waals surface area (Å²) in [5.41, 5.74) is 1.96. The minimum atomic E-state index is 0.0808. The lowest BCUT2D eigenvalue weighted by Crippen LogP contribution is -2.51. The number of likely N-dealkylation sites (N-methyl/N-ethyl adjacent to an activating group) is 1. The fourth-order valence-corrected chi connectivity index (χ4v) is 4.66. The second-order valence-corrected chi connectivity index (χ2v) is 8.39. The number of nitrogens with zero attached hydrogens (tertiary/aromatic N) is 5. The largest absolute Gasteiger partial charge is 0.341 e. The lowest BCUT2D eigenvalue weighted by molar-refractivity contribution is -0.139. The van der Waals surface area contributed by atoms with Crippen molar-refractivity contribution < 1.29 is 4.79 Å². The van der Waals surface area contributed by atoms with Gasteiger partial charge in [0.2, 0.25) is 5.91 Å². The first kappa shape index (κ1) is 18.4. The summed E-state index contributed by atoms with van der Waals surface area (Å²) in [6.45, 7) is 7.08. The van der Waals surface area contributed by atoms with E-state index in [-0.39, 0.29) is 6.04 Å². The van der Waals surface area contributed by atoms with E-state index in [1.807, 2.05) is 18.3 Å². The minimum Gasteiger partial charge on any atom is -0.341 e. The van der Waals surface area contributed by atoms with Gasteiger partial charge in [0.15, 0.2) is 5.65 Å². The van der Waals surface area contributed by atoms with E-state index < -0.39 is 0 Å². The normalized spacial score (nSPS) is 22.7. The molecule has 2 aliphatic rings. The fourth-order valence-electron chi connectivity index (χ4n) is 4.66. The van der Waals surface area contributed by atoms with Gasteiger partial charge in [-0.25, -0.2) is 9.97 Å². The van der Waals surface area contributed by atoms with Crippen LogP contribution >= 0.6 is 0 Å². The topological polar surface area (TPSA) is 54.3 Å². The maximum Gasteiger partial charge on any atom is 0.239 e. The lowest BCUT2D eigenvalue weighted by Gasteiger charge is -2.39. The fraction of sp³-hybridized carbons (Fsp3) is 0.667. The molecule has 27 heavy (non-hydrogen) atoms. The molecule has 2 aromatic heterocycles. The van der Waals surface area contributed by atoms with Crippen molar-refractivity contribution in [2.75, 3.05) is 26.7 Å². The van der Waals surface area contributed by atoms with E-state index in [9.17, 15) is 4.79 Å². The van der Waals surface area contributed by atoms with Crippen molar-refractivity contribution in [2.24, 2.45) is 0 Å². The van der Waals surface area contributed by atoms with Gasteiger partial charge in [0.05, 0.1) is 6.04 Å². The summed E-state index contributed by atoms with van der Waals surface area (Å²) in [6, 6.07) is 4.45. The smallest absolute Gasteiger partial charge is 0.239 e. The molecule has 0 aliphatic carbocycles. The van der Waals surface area contributed by atoms with Crippen LogP contribution in [-0.2, 0) is 4.79 Å². The summed E-state index contributed by atoms with van der Waals surface area (Å²) in [5.74, 6) is 1.79. The number of piperidine rings is 2. The van der Waals surface area contributed by atoms with Gasteiger partial charge in [-0.05, 0) is 51.4 Å². The van der Waals surface area contributed by atoms with E-state index in [4.69, 9.17) is 4.98 Å². The number of likely N-dealkylation sites (tertiary alicyclic amines) is 2. The van der Waals surface area contributed by atoms with Crippen LogP contribution in [0.25, 0.3) is 11.2 Å². The standard InChI is InChI=1S/C21H31N5O/c1-15(2)19-23-17-7-6-11-22-20(17)26(19)16-9-13-25(14-10-16)21(27)18-8-4-5-12-24(18)3/h6-7,11,15-16,18H,4-5,8-10,12-14H2,1-3H3. The lowest BCUT2D eigenvalue weighted by atomic mass is 9.98. The summed E-state index contributed by atoms with van der Waals surface area (Å²) >= 11 is 0. The Morgan fingerprint density at radius 3 is 2.63 bits per heavy atom. The molecule has 0 bridgehead atoms. The Hall–Kier alpha value is -1.95. The number of imidazole rings is 1. The number of hydrogen-bond donors (Lipinski definition) is 0. The van der Waals surface area contributed by atoms with E-state index in [2.05, 4.69) is 40.2 Å². The van der Waals surface area contributed by atoms with Gasteiger partial charge in [-0.2, -0.15) is 0 Å². The zero-order valence-electron chi connectivity index (χ0n) is 16.8. The molecule has 4 heterocycles. The van der Waals surface area contributed by atoms with Crippen molar-refractivity contribution in [3.05, 3.63) is 24.2 Å². The highest BCUT2D eigenvalue weighted by Gasteiger charge is 2.33. The summed E-state index contributed by atoms with van der Waals surface area (Å²) < 4.78 is 2.34. The van der Waals surface area contributed by atoms with Crippen LogP contribution in [0.15, 0.2) is 18.3 Å². The third-order valence-electron chi connectivity index (χ3n) is 6.19. The molecule has 2 fully saturated rings. The minimum absolute atomic E-state index is 0.0808. The molecular formula is C21H31N5O. The van der Waals surface area contributed by atoms with Crippen LogP contribution in [0.4, 0.5) is 0 Å². The van der Waals surface area contributed by atoms with Gasteiger partial charge in [0.25, 0.3) is 0 Å². The van der Waals surface area contributed by atoms with Crippen molar-refractivity contribution in [2.45, 2.75) is 64.0 Å². The molecule has 0 N–H and O–H groups in total. The SMILES string of the molecule is CC(C)c1nc2cccnc2n1C1CCN(C(=O)C2CCCCN2C)CC1. The monoisotopic (exact) mass is 369 g/mol. The molecule has 1 atom stereocenters. The maximum absolute atomic E-state index is 13.0. The molecule has 0 spiro atoms. The van der Waals surface area contributed by atoms with Gasteiger partial charge in [0, 0.05) is 31.2 Å². The zero-order valence-corrected chi connectivity index (χ0v) is 16.8. The number of carbonyl (C=O) groups is 1. The van der Waals surface area contributed by atoms with Gasteiger partial charge in [-0.1, -0.05) is 20.3 Å². The van der Waals surface area contributed by atoms with Gasteiger partial charge < -0.3 is 9.47 Å². The zero-order chi connectivity index (χ0) is 19.0. The molecule has 2 aliphatic heterocycles. The van der Waals surface area contributed by atoms with E-state index in [0.29, 0.717) is 17.9 Å². The summed E-state index contributed by atoms with van der Waals surface area (Å²) in [4.78, 5) is 26.8. The van der Waals surface area contributed by atoms with E-state index in [1.54, 1.807) is 0 Å². The molecule has 4 rings (SSSR count). The molecule has 0 radical (unpaired) electrons. The quantitative estimate of drug-likeness (QED) is 0.834. The Balaban J connectivity index is 1.50. The summed E-state index contributed by atoms with van der Waals surface area (Å²) in [5, 5.41) is 0. The molecule has 2 saturated heterocycles. The average Bonchev–Trinajstić information content (AvgIpc) is 3.08. The second kappa shape index (κ2) is 7.58. The van der Waals surface area contributed by atoms with E-state index in [1.165, 1.54) is 12.8 Å². The summed E-state index contributed by atoms with van der Waals surface area (Å²) in [6.07, 6.45) is 7.18. The molecule has 1 amide bonds. The molecule has 2 aromatic rings. The Kier molecular flexibility index (Phi) is 5.17. The Labute approximate surface area is 161 Å². The number of carbonyl (C=O) groups excluding carboxylic acids is 1. The van der Waals surface area contributed by atoms with Gasteiger partial charge in [-0.15, -0.1) is 0 Å². The van der Waals surface area contributed by atoms with Crippen LogP contribution in [0.3, 0.4) is 0 Å². The number of rotatable bonds is 3. The number of fused-ring (bicyclic) bond motifs is 1. The van der Waals surface area contributed by atoms with Crippen molar-refractivity contribution in [1.82, 2.24) is 24.3 Å². The highest BCUT2D eigenvalue weighted by molar-refractivity contribution is 5.82. The Morgan fingerprint density at radius 1 is 1.15 bits per heavy atom. The highest BCUT2D eigenvalue weighted by atomic mass is 16.2. The van der Waals surface area contributed by atoms with Crippen LogP contribution in [-0.4, -0.2) is 63.0 Å². The van der Waals surface area contributed by atoms with Gasteiger partial charge in [-0.3, -0.25) is 9.69 Å². The molecular weight excluding hydrogens is 338 g/mol. The first-order valence-electron chi connectivity index (χ1n) is 10.4. The molecule has 6 heteroatoms. The number of pyridine rings is 1. The molecule has 0 saturated carbocycles. The van der Waals surface area contributed by atoms with E-state index >= 15 is 0 Å². The van der Waals surface area contributed by atoms with Crippen molar-refractivity contribution in [3.8, 4) is 0 Å². The number of amides is 1. The van der Waals surface area contributed by atoms with Gasteiger partial charge >= 0.3 is 0 Å². The first-order chi connectivity index (χ1) is 13.1. The van der Waals surface area contributed by atoms with Crippen LogP contribution in [0.5, 0.6) is 0 Å². The second-order valence-electron chi connectivity index (χ2n) is 8.39. The first-order valence-corrected chi connectivity index (χ1v) is 10.4. The predicted molar refractivity (Wildman–Crippen MR) is 107 cm³/mol. The van der Waals surface area contributed by atoms with Crippen molar-refractivity contribution >= 4 is 17.1 Å².